The number of piperidine rings is 1. The van der Waals surface area contributed by atoms with Gasteiger partial charge in [0, 0.05) is 35.5 Å². The number of aromatic nitrogens is 2. The molecule has 1 aromatic carbocycles. The minimum absolute atomic E-state index is 0.300. The summed E-state index contributed by atoms with van der Waals surface area (Å²) in [5.41, 5.74) is 8.27. The van der Waals surface area contributed by atoms with Gasteiger partial charge in [-0.3, -0.25) is 9.89 Å². The molecule has 3 aliphatic rings. The van der Waals surface area contributed by atoms with Gasteiger partial charge in [-0.2, -0.15) is 0 Å². The summed E-state index contributed by atoms with van der Waals surface area (Å²) >= 11 is 13.0. The summed E-state index contributed by atoms with van der Waals surface area (Å²) in [5.74, 6) is 0.860. The van der Waals surface area contributed by atoms with Crippen LogP contribution in [-0.4, -0.2) is 58.4 Å². The molecule has 1 aromatic heterocycles. The lowest BCUT2D eigenvalue weighted by Crippen LogP contribution is -2.41. The van der Waals surface area contributed by atoms with Crippen LogP contribution in [0.3, 0.4) is 0 Å². The summed E-state index contributed by atoms with van der Waals surface area (Å²) in [6.45, 7) is 3.90. The summed E-state index contributed by atoms with van der Waals surface area (Å²) in [6, 6.07) is 4.95. The van der Waals surface area contributed by atoms with Crippen LogP contribution in [0.25, 0.3) is 10.9 Å². The zero-order chi connectivity index (χ0) is 22.1. The van der Waals surface area contributed by atoms with Crippen LogP contribution in [0.4, 0.5) is 5.95 Å². The molecule has 3 fully saturated rings. The van der Waals surface area contributed by atoms with Gasteiger partial charge in [-0.1, -0.05) is 23.2 Å². The van der Waals surface area contributed by atoms with Crippen molar-refractivity contribution < 1.29 is 4.74 Å². The molecule has 32 heavy (non-hydrogen) atoms. The summed E-state index contributed by atoms with van der Waals surface area (Å²) in [5, 5.41) is 5.15. The van der Waals surface area contributed by atoms with E-state index in [1.807, 2.05) is 6.07 Å². The number of halogens is 2. The SMILES string of the molecule is N/C=C(/Nc1ncc2cc(Cl)c(C3CCN(C4CCOC4)CC3)cc2n1)C(Cl)=NC1CC1. The highest BCUT2D eigenvalue weighted by Gasteiger charge is 2.29. The molecular formula is C23H28Cl2N6O. The minimum atomic E-state index is 0.300. The summed E-state index contributed by atoms with van der Waals surface area (Å²) in [7, 11) is 0. The number of allylic oxidation sites excluding steroid dienone is 1. The van der Waals surface area contributed by atoms with Crippen molar-refractivity contribution in [3.8, 4) is 0 Å². The van der Waals surface area contributed by atoms with Crippen molar-refractivity contribution in [2.75, 3.05) is 31.6 Å². The van der Waals surface area contributed by atoms with Crippen LogP contribution in [0.2, 0.25) is 5.02 Å². The Hall–Kier alpha value is -1.93. The average molecular weight is 475 g/mol. The molecule has 3 heterocycles. The van der Waals surface area contributed by atoms with E-state index in [1.54, 1.807) is 6.20 Å². The lowest BCUT2D eigenvalue weighted by molar-refractivity contribution is 0.122. The predicted molar refractivity (Wildman–Crippen MR) is 130 cm³/mol. The van der Waals surface area contributed by atoms with Gasteiger partial charge in [-0.05, 0) is 68.8 Å². The summed E-state index contributed by atoms with van der Waals surface area (Å²) in [6.07, 6.45) is 8.62. The Kier molecular flexibility index (Phi) is 6.51. The third kappa shape index (κ3) is 4.86. The highest BCUT2D eigenvalue weighted by molar-refractivity contribution is 6.69. The molecule has 2 saturated heterocycles. The molecule has 1 unspecified atom stereocenters. The molecule has 2 aliphatic heterocycles. The van der Waals surface area contributed by atoms with Gasteiger partial charge in [0.15, 0.2) is 0 Å². The number of aliphatic imine (C=N–C) groups is 1. The van der Waals surface area contributed by atoms with Gasteiger partial charge in [0.2, 0.25) is 5.95 Å². The Balaban J connectivity index is 1.33. The van der Waals surface area contributed by atoms with Crippen LogP contribution in [-0.2, 0) is 4.74 Å². The number of hydrogen-bond acceptors (Lipinski definition) is 7. The van der Waals surface area contributed by atoms with E-state index >= 15 is 0 Å². The van der Waals surface area contributed by atoms with E-state index in [1.165, 1.54) is 6.20 Å². The topological polar surface area (TPSA) is 88.7 Å². The molecule has 5 rings (SSSR count). The fourth-order valence-electron chi connectivity index (χ4n) is 4.54. The van der Waals surface area contributed by atoms with Crippen LogP contribution in [0.5, 0.6) is 0 Å². The first kappa shape index (κ1) is 21.9. The number of benzene rings is 1. The predicted octanol–water partition coefficient (Wildman–Crippen LogP) is 4.26. The van der Waals surface area contributed by atoms with Crippen LogP contribution in [0.15, 0.2) is 35.2 Å². The normalized spacial score (nSPS) is 23.8. The molecule has 9 heteroatoms. The zero-order valence-electron chi connectivity index (χ0n) is 17.9. The standard InChI is InChI=1S/C23H28Cl2N6O/c24-19-9-15-12-27-23(30-21(11-26)22(25)28-16-1-2-16)29-20(15)10-18(19)14-3-6-31(7-4-14)17-5-8-32-13-17/h9-12,14,16-17H,1-8,13,26H2,(H,27,29,30)/b21-11+,28-22?. The Morgan fingerprint density at radius 1 is 1.22 bits per heavy atom. The van der Waals surface area contributed by atoms with Gasteiger partial charge in [-0.15, -0.1) is 0 Å². The lowest BCUT2D eigenvalue weighted by atomic mass is 9.88. The zero-order valence-corrected chi connectivity index (χ0v) is 19.4. The number of nitrogens with two attached hydrogens (primary N) is 1. The monoisotopic (exact) mass is 474 g/mol. The second kappa shape index (κ2) is 9.51. The Morgan fingerprint density at radius 2 is 2.03 bits per heavy atom. The molecule has 0 radical (unpaired) electrons. The molecule has 1 saturated carbocycles. The Morgan fingerprint density at radius 3 is 2.72 bits per heavy atom. The van der Waals surface area contributed by atoms with Crippen LogP contribution in [0, 0.1) is 0 Å². The highest BCUT2D eigenvalue weighted by Crippen LogP contribution is 2.36. The summed E-state index contributed by atoms with van der Waals surface area (Å²) < 4.78 is 5.56. The molecule has 0 amide bonds. The van der Waals surface area contributed by atoms with Gasteiger partial charge in [0.25, 0.3) is 0 Å². The van der Waals surface area contributed by atoms with Crippen LogP contribution < -0.4 is 11.1 Å². The van der Waals surface area contributed by atoms with E-state index in [0.717, 1.165) is 79.9 Å². The van der Waals surface area contributed by atoms with Gasteiger partial charge in [-0.25, -0.2) is 9.97 Å². The minimum Gasteiger partial charge on any atom is -0.403 e. The maximum absolute atomic E-state index is 6.68. The molecule has 170 valence electrons. The van der Waals surface area contributed by atoms with Gasteiger partial charge < -0.3 is 15.8 Å². The summed E-state index contributed by atoms with van der Waals surface area (Å²) in [4.78, 5) is 16.1. The molecule has 0 spiro atoms. The quantitative estimate of drug-likeness (QED) is 0.607. The van der Waals surface area contributed by atoms with E-state index < -0.39 is 0 Å². The maximum atomic E-state index is 6.68. The van der Waals surface area contributed by atoms with Gasteiger partial charge in [0.1, 0.15) is 5.17 Å². The fraction of sp³-hybridized carbons (Fsp3) is 0.522. The number of rotatable bonds is 6. The molecular weight excluding hydrogens is 447 g/mol. The van der Waals surface area contributed by atoms with Crippen molar-refractivity contribution in [2.45, 2.75) is 50.1 Å². The van der Waals surface area contributed by atoms with Crippen molar-refractivity contribution >= 4 is 45.2 Å². The smallest absolute Gasteiger partial charge is 0.227 e. The first-order valence-electron chi connectivity index (χ1n) is 11.3. The third-order valence-electron chi connectivity index (χ3n) is 6.57. The molecule has 3 N–H and O–H groups in total. The van der Waals surface area contributed by atoms with E-state index in [-0.39, 0.29) is 0 Å². The molecule has 0 bridgehead atoms. The maximum Gasteiger partial charge on any atom is 0.227 e. The van der Waals surface area contributed by atoms with Crippen molar-refractivity contribution in [3.05, 3.63) is 40.8 Å². The van der Waals surface area contributed by atoms with Crippen molar-refractivity contribution in [2.24, 2.45) is 10.7 Å². The van der Waals surface area contributed by atoms with Gasteiger partial charge in [0.05, 0.1) is 23.9 Å². The lowest BCUT2D eigenvalue weighted by Gasteiger charge is -2.35. The van der Waals surface area contributed by atoms with Crippen molar-refractivity contribution in [1.29, 1.82) is 0 Å². The van der Waals surface area contributed by atoms with Crippen molar-refractivity contribution in [3.63, 3.8) is 0 Å². The molecule has 7 nitrogen and oxygen atoms in total. The van der Waals surface area contributed by atoms with Crippen LogP contribution in [0.1, 0.15) is 43.6 Å². The van der Waals surface area contributed by atoms with E-state index in [2.05, 4.69) is 26.3 Å². The van der Waals surface area contributed by atoms with Crippen molar-refractivity contribution in [1.82, 2.24) is 14.9 Å². The van der Waals surface area contributed by atoms with Crippen LogP contribution >= 0.6 is 23.2 Å². The second-order valence-corrected chi connectivity index (χ2v) is 9.58. The number of nitrogens with zero attached hydrogens (tertiary/aromatic N) is 4. The Bertz CT molecular complexity index is 1040. The average Bonchev–Trinajstić information content (AvgIpc) is 3.45. The molecule has 1 atom stereocenters. The first-order chi connectivity index (χ1) is 15.6. The number of nitrogens with one attached hydrogen (secondary N) is 1. The second-order valence-electron chi connectivity index (χ2n) is 8.81. The fourth-order valence-corrected chi connectivity index (χ4v) is 5.12. The number of hydrogen-bond donors (Lipinski definition) is 2. The molecule has 1 aliphatic carbocycles. The number of fused-ring (bicyclic) bond motifs is 1. The number of anilines is 1. The van der Waals surface area contributed by atoms with E-state index in [9.17, 15) is 0 Å². The number of likely N-dealkylation sites (tertiary alicyclic amines) is 1. The third-order valence-corrected chi connectivity index (χ3v) is 7.20. The Labute approximate surface area is 198 Å². The number of ether oxygens (including phenoxy) is 1. The van der Waals surface area contributed by atoms with E-state index in [0.29, 0.717) is 34.8 Å². The van der Waals surface area contributed by atoms with Gasteiger partial charge >= 0.3 is 0 Å². The molecule has 2 aromatic rings. The largest absolute Gasteiger partial charge is 0.403 e. The first-order valence-corrected chi connectivity index (χ1v) is 12.1. The van der Waals surface area contributed by atoms with E-state index in [4.69, 9.17) is 38.7 Å². The highest BCUT2D eigenvalue weighted by atomic mass is 35.5.